The second kappa shape index (κ2) is 2.51. The van der Waals surface area contributed by atoms with Crippen LogP contribution >= 0.6 is 0 Å². The van der Waals surface area contributed by atoms with Crippen molar-refractivity contribution in [1.82, 2.24) is 0 Å². The summed E-state index contributed by atoms with van der Waals surface area (Å²) in [7, 11) is 0. The molecule has 3 rings (SSSR count). The van der Waals surface area contributed by atoms with Gasteiger partial charge in [0.1, 0.15) is 0 Å². The predicted octanol–water partition coefficient (Wildman–Crippen LogP) is 3.55. The fraction of sp³-hybridized carbons (Fsp3) is 0.857. The van der Waals surface area contributed by atoms with Crippen molar-refractivity contribution in [3.8, 4) is 0 Å². The standard InChI is InChI=1S/C14H22O/c1-10-5-8-14(15-10)9-11-6-7-13(14,4)12(11,2)3/h5,8,10-11H,6-7,9H2,1-4H3/t10-,11-,13-,14+/m1/s1. The largest absolute Gasteiger partial charge is 0.363 e. The van der Waals surface area contributed by atoms with Crippen LogP contribution in [0, 0.1) is 16.7 Å². The van der Waals surface area contributed by atoms with E-state index in [4.69, 9.17) is 4.74 Å². The molecule has 0 amide bonds. The molecule has 1 nitrogen and oxygen atoms in total. The number of fused-ring (bicyclic) bond motifs is 3. The van der Waals surface area contributed by atoms with Gasteiger partial charge in [0, 0.05) is 5.41 Å². The fourth-order valence-electron chi connectivity index (χ4n) is 4.43. The first-order chi connectivity index (χ1) is 6.91. The summed E-state index contributed by atoms with van der Waals surface area (Å²) in [5.74, 6) is 0.859. The smallest absolute Gasteiger partial charge is 0.0932 e. The van der Waals surface area contributed by atoms with Crippen LogP contribution in [0.1, 0.15) is 47.0 Å². The first-order valence-corrected chi connectivity index (χ1v) is 6.28. The maximum Gasteiger partial charge on any atom is 0.0932 e. The molecule has 2 bridgehead atoms. The molecule has 84 valence electrons. The van der Waals surface area contributed by atoms with E-state index >= 15 is 0 Å². The monoisotopic (exact) mass is 206 g/mol. The third kappa shape index (κ3) is 0.898. The van der Waals surface area contributed by atoms with Crippen LogP contribution < -0.4 is 0 Å². The van der Waals surface area contributed by atoms with Crippen molar-refractivity contribution in [2.75, 3.05) is 0 Å². The molecule has 15 heavy (non-hydrogen) atoms. The van der Waals surface area contributed by atoms with E-state index in [1.54, 1.807) is 0 Å². The lowest BCUT2D eigenvalue weighted by atomic mass is 9.64. The highest BCUT2D eigenvalue weighted by molar-refractivity contribution is 5.28. The van der Waals surface area contributed by atoms with Gasteiger partial charge in [-0.25, -0.2) is 0 Å². The third-order valence-corrected chi connectivity index (χ3v) is 5.95. The Kier molecular flexibility index (Phi) is 1.65. The summed E-state index contributed by atoms with van der Waals surface area (Å²) < 4.78 is 6.27. The second-order valence-electron chi connectivity index (χ2n) is 6.57. The van der Waals surface area contributed by atoms with E-state index in [-0.39, 0.29) is 5.60 Å². The lowest BCUT2D eigenvalue weighted by molar-refractivity contribution is -0.107. The van der Waals surface area contributed by atoms with Gasteiger partial charge < -0.3 is 4.74 Å². The van der Waals surface area contributed by atoms with Gasteiger partial charge in [-0.2, -0.15) is 0 Å². The Bertz CT molecular complexity index is 330. The average molecular weight is 206 g/mol. The van der Waals surface area contributed by atoms with Crippen molar-refractivity contribution in [1.29, 1.82) is 0 Å². The Hall–Kier alpha value is -0.300. The summed E-state index contributed by atoms with van der Waals surface area (Å²) in [6.45, 7) is 9.50. The highest BCUT2D eigenvalue weighted by atomic mass is 16.5. The molecular weight excluding hydrogens is 184 g/mol. The summed E-state index contributed by atoms with van der Waals surface area (Å²) in [5.41, 5.74) is 0.867. The molecule has 1 heteroatoms. The summed E-state index contributed by atoms with van der Waals surface area (Å²) in [4.78, 5) is 0. The molecule has 2 aliphatic carbocycles. The molecule has 1 spiro atoms. The molecule has 1 aliphatic heterocycles. The summed E-state index contributed by atoms with van der Waals surface area (Å²) in [6, 6.07) is 0. The minimum atomic E-state index is 0.0683. The third-order valence-electron chi connectivity index (χ3n) is 5.95. The highest BCUT2D eigenvalue weighted by Crippen LogP contribution is 2.71. The van der Waals surface area contributed by atoms with Gasteiger partial charge in [-0.3, -0.25) is 0 Å². The van der Waals surface area contributed by atoms with E-state index in [1.807, 2.05) is 0 Å². The lowest BCUT2D eigenvalue weighted by Gasteiger charge is -2.45. The molecule has 0 N–H and O–H groups in total. The number of hydrogen-bond donors (Lipinski definition) is 0. The number of rotatable bonds is 0. The van der Waals surface area contributed by atoms with Crippen molar-refractivity contribution in [3.63, 3.8) is 0 Å². The zero-order valence-corrected chi connectivity index (χ0v) is 10.3. The van der Waals surface area contributed by atoms with Crippen molar-refractivity contribution in [2.24, 2.45) is 16.7 Å². The molecule has 0 radical (unpaired) electrons. The van der Waals surface area contributed by atoms with Crippen LogP contribution in [-0.2, 0) is 4.74 Å². The molecule has 0 aromatic carbocycles. The van der Waals surface area contributed by atoms with Crippen LogP contribution in [0.25, 0.3) is 0 Å². The summed E-state index contributed by atoms with van der Waals surface area (Å²) >= 11 is 0. The number of ether oxygens (including phenoxy) is 1. The highest BCUT2D eigenvalue weighted by Gasteiger charge is 2.69. The van der Waals surface area contributed by atoms with Crippen LogP contribution in [0.3, 0.4) is 0 Å². The zero-order chi connectivity index (χ0) is 10.9. The molecule has 1 heterocycles. The van der Waals surface area contributed by atoms with Crippen LogP contribution in [0.15, 0.2) is 12.2 Å². The zero-order valence-electron chi connectivity index (χ0n) is 10.3. The average Bonchev–Trinajstić information content (AvgIpc) is 2.66. The van der Waals surface area contributed by atoms with Gasteiger partial charge in [-0.1, -0.05) is 32.9 Å². The van der Waals surface area contributed by atoms with E-state index in [0.717, 1.165) is 5.92 Å². The minimum absolute atomic E-state index is 0.0683. The predicted molar refractivity (Wildman–Crippen MR) is 61.6 cm³/mol. The maximum absolute atomic E-state index is 6.27. The second-order valence-corrected chi connectivity index (χ2v) is 6.57. The van der Waals surface area contributed by atoms with Gasteiger partial charge in [0.25, 0.3) is 0 Å². The van der Waals surface area contributed by atoms with E-state index in [2.05, 4.69) is 39.8 Å². The van der Waals surface area contributed by atoms with Gasteiger partial charge >= 0.3 is 0 Å². The Morgan fingerprint density at radius 3 is 2.40 bits per heavy atom. The SMILES string of the molecule is C[C@@H]1C=C[C@@]2(C[C@H]3CC[C@]2(C)C3(C)C)O1. The molecular formula is C14H22O. The first kappa shape index (κ1) is 9.89. The summed E-state index contributed by atoms with van der Waals surface area (Å²) in [6.07, 6.45) is 8.92. The molecule has 0 saturated heterocycles. The first-order valence-electron chi connectivity index (χ1n) is 6.28. The Balaban J connectivity index is 2.06. The lowest BCUT2D eigenvalue weighted by Crippen LogP contribution is -2.46. The normalized spacial score (nSPS) is 55.7. The van der Waals surface area contributed by atoms with E-state index < -0.39 is 0 Å². The van der Waals surface area contributed by atoms with Crippen molar-refractivity contribution in [2.45, 2.75) is 58.7 Å². The summed E-state index contributed by atoms with van der Waals surface area (Å²) in [5, 5.41) is 0. The molecule has 4 atom stereocenters. The Labute approximate surface area is 92.9 Å². The molecule has 3 aliphatic rings. The minimum Gasteiger partial charge on any atom is -0.363 e. The van der Waals surface area contributed by atoms with Gasteiger partial charge in [-0.05, 0) is 37.5 Å². The van der Waals surface area contributed by atoms with E-state index in [0.29, 0.717) is 16.9 Å². The maximum atomic E-state index is 6.27. The van der Waals surface area contributed by atoms with Crippen LogP contribution in [0.2, 0.25) is 0 Å². The van der Waals surface area contributed by atoms with E-state index in [1.165, 1.54) is 19.3 Å². The van der Waals surface area contributed by atoms with Crippen LogP contribution in [0.4, 0.5) is 0 Å². The molecule has 2 fully saturated rings. The van der Waals surface area contributed by atoms with Crippen molar-refractivity contribution >= 4 is 0 Å². The van der Waals surface area contributed by atoms with Gasteiger partial charge in [0.2, 0.25) is 0 Å². The fourth-order valence-corrected chi connectivity index (χ4v) is 4.43. The topological polar surface area (TPSA) is 9.23 Å². The van der Waals surface area contributed by atoms with Crippen molar-refractivity contribution < 1.29 is 4.74 Å². The Morgan fingerprint density at radius 2 is 2.00 bits per heavy atom. The van der Waals surface area contributed by atoms with Crippen LogP contribution in [-0.4, -0.2) is 11.7 Å². The quantitative estimate of drug-likeness (QED) is 0.551. The number of hydrogen-bond acceptors (Lipinski definition) is 1. The van der Waals surface area contributed by atoms with Gasteiger partial charge in [0.15, 0.2) is 0 Å². The molecule has 2 saturated carbocycles. The molecule has 0 aromatic rings. The van der Waals surface area contributed by atoms with Crippen LogP contribution in [0.5, 0.6) is 0 Å². The molecule has 0 aromatic heterocycles. The van der Waals surface area contributed by atoms with Crippen molar-refractivity contribution in [3.05, 3.63) is 12.2 Å². The Morgan fingerprint density at radius 1 is 1.27 bits per heavy atom. The van der Waals surface area contributed by atoms with Gasteiger partial charge in [-0.15, -0.1) is 0 Å². The molecule has 0 unspecified atom stereocenters. The van der Waals surface area contributed by atoms with Gasteiger partial charge in [0.05, 0.1) is 11.7 Å². The van der Waals surface area contributed by atoms with E-state index in [9.17, 15) is 0 Å².